The number of carbonyl (C=O) groups excluding carboxylic acids is 1. The van der Waals surface area contributed by atoms with Crippen molar-refractivity contribution < 1.29 is 18.8 Å². The number of oxime groups is 1. The van der Waals surface area contributed by atoms with Gasteiger partial charge in [0.1, 0.15) is 12.4 Å². The van der Waals surface area contributed by atoms with E-state index in [4.69, 9.17) is 9.57 Å². The summed E-state index contributed by atoms with van der Waals surface area (Å²) in [5, 5.41) is 3.99. The van der Waals surface area contributed by atoms with Crippen LogP contribution in [0.25, 0.3) is 5.57 Å². The second-order valence-corrected chi connectivity index (χ2v) is 5.50. The Hall–Kier alpha value is -2.95. The molecule has 0 atom stereocenters. The molecule has 0 aliphatic rings. The molecule has 0 saturated heterocycles. The minimum atomic E-state index is -0.502. The smallest absolute Gasteiger partial charge is 0.337 e. The Balaban J connectivity index is 2.21. The van der Waals surface area contributed by atoms with Crippen LogP contribution in [0.1, 0.15) is 29.2 Å². The largest absolute Gasteiger partial charge is 0.465 e. The van der Waals surface area contributed by atoms with Crippen molar-refractivity contribution >= 4 is 17.3 Å². The summed E-state index contributed by atoms with van der Waals surface area (Å²) in [5.41, 5.74) is 3.42. The number of ether oxygens (including phenoxy) is 1. The molecular formula is C20H20FNO3. The number of hydrogen-bond acceptors (Lipinski definition) is 4. The van der Waals surface area contributed by atoms with Crippen molar-refractivity contribution in [1.29, 1.82) is 0 Å². The van der Waals surface area contributed by atoms with Crippen molar-refractivity contribution in [2.24, 2.45) is 5.16 Å². The Bertz CT molecular complexity index is 827. The molecule has 25 heavy (non-hydrogen) atoms. The molecule has 0 aromatic heterocycles. The standard InChI is InChI=1S/C20H20FNO3/c1-13-8-7-10-16(14(2)20(23)24-4)18(13)12-25-22-15(3)17-9-5-6-11-19(17)21/h5-11H,2,12H2,1,3-4H3/b22-15+. The van der Waals surface area contributed by atoms with E-state index < -0.39 is 5.97 Å². The van der Waals surface area contributed by atoms with Gasteiger partial charge in [0, 0.05) is 11.1 Å². The van der Waals surface area contributed by atoms with Crippen LogP contribution in [-0.4, -0.2) is 18.8 Å². The number of esters is 1. The minimum absolute atomic E-state index is 0.129. The molecular weight excluding hydrogens is 321 g/mol. The quantitative estimate of drug-likeness (QED) is 0.341. The normalized spacial score (nSPS) is 11.1. The molecule has 5 heteroatoms. The first-order chi connectivity index (χ1) is 12.0. The maximum Gasteiger partial charge on any atom is 0.337 e. The summed E-state index contributed by atoms with van der Waals surface area (Å²) in [7, 11) is 1.31. The summed E-state index contributed by atoms with van der Waals surface area (Å²) in [4.78, 5) is 17.2. The van der Waals surface area contributed by atoms with Crippen molar-refractivity contribution in [3.8, 4) is 0 Å². The summed E-state index contributed by atoms with van der Waals surface area (Å²) < 4.78 is 18.5. The molecule has 0 amide bonds. The van der Waals surface area contributed by atoms with E-state index in [1.807, 2.05) is 19.1 Å². The lowest BCUT2D eigenvalue weighted by Crippen LogP contribution is -2.07. The highest BCUT2D eigenvalue weighted by Crippen LogP contribution is 2.23. The van der Waals surface area contributed by atoms with Crippen LogP contribution in [0.15, 0.2) is 54.2 Å². The Morgan fingerprint density at radius 3 is 2.52 bits per heavy atom. The molecule has 0 N–H and O–H groups in total. The number of rotatable bonds is 6. The van der Waals surface area contributed by atoms with E-state index >= 15 is 0 Å². The van der Waals surface area contributed by atoms with Gasteiger partial charge in [0.05, 0.1) is 18.4 Å². The topological polar surface area (TPSA) is 47.9 Å². The van der Waals surface area contributed by atoms with Gasteiger partial charge in [-0.2, -0.15) is 0 Å². The third-order valence-corrected chi connectivity index (χ3v) is 3.84. The maximum absolute atomic E-state index is 13.8. The predicted octanol–water partition coefficient (Wildman–Crippen LogP) is 4.26. The van der Waals surface area contributed by atoms with E-state index in [0.29, 0.717) is 16.8 Å². The molecule has 2 aromatic carbocycles. The molecule has 130 valence electrons. The molecule has 0 spiro atoms. The second kappa shape index (κ2) is 8.24. The first-order valence-corrected chi connectivity index (χ1v) is 7.73. The first-order valence-electron chi connectivity index (χ1n) is 7.73. The monoisotopic (exact) mass is 341 g/mol. The fourth-order valence-electron chi connectivity index (χ4n) is 2.41. The van der Waals surface area contributed by atoms with Crippen LogP contribution in [0, 0.1) is 12.7 Å². The van der Waals surface area contributed by atoms with Gasteiger partial charge in [-0.05, 0) is 31.0 Å². The molecule has 2 rings (SSSR count). The lowest BCUT2D eigenvalue weighted by Gasteiger charge is -2.13. The highest BCUT2D eigenvalue weighted by molar-refractivity contribution is 6.16. The van der Waals surface area contributed by atoms with Crippen LogP contribution in [0.2, 0.25) is 0 Å². The van der Waals surface area contributed by atoms with Crippen molar-refractivity contribution in [2.75, 3.05) is 7.11 Å². The van der Waals surface area contributed by atoms with Gasteiger partial charge >= 0.3 is 5.97 Å². The number of halogens is 1. The van der Waals surface area contributed by atoms with E-state index in [2.05, 4.69) is 11.7 Å². The van der Waals surface area contributed by atoms with Crippen LogP contribution in [-0.2, 0) is 21.0 Å². The lowest BCUT2D eigenvalue weighted by atomic mass is 9.97. The van der Waals surface area contributed by atoms with Gasteiger partial charge in [-0.1, -0.05) is 48.1 Å². The van der Waals surface area contributed by atoms with Crippen LogP contribution in [0.3, 0.4) is 0 Å². The van der Waals surface area contributed by atoms with E-state index in [1.54, 1.807) is 31.2 Å². The summed E-state index contributed by atoms with van der Waals surface area (Å²) in [6, 6.07) is 11.9. The number of nitrogens with zero attached hydrogens (tertiary/aromatic N) is 1. The number of carbonyl (C=O) groups is 1. The van der Waals surface area contributed by atoms with Crippen molar-refractivity contribution in [3.05, 3.63) is 77.1 Å². The zero-order valence-corrected chi connectivity index (χ0v) is 14.5. The Morgan fingerprint density at radius 2 is 1.84 bits per heavy atom. The summed E-state index contributed by atoms with van der Waals surface area (Å²) in [5.74, 6) is -0.860. The average Bonchev–Trinajstić information content (AvgIpc) is 2.61. The molecule has 0 unspecified atom stereocenters. The first kappa shape index (κ1) is 18.4. The van der Waals surface area contributed by atoms with Gasteiger partial charge in [-0.25, -0.2) is 9.18 Å². The number of aryl methyl sites for hydroxylation is 1. The van der Waals surface area contributed by atoms with Gasteiger partial charge in [0.15, 0.2) is 0 Å². The van der Waals surface area contributed by atoms with E-state index in [0.717, 1.165) is 11.1 Å². The molecule has 0 aliphatic heterocycles. The van der Waals surface area contributed by atoms with E-state index in [-0.39, 0.29) is 18.0 Å². The fourth-order valence-corrected chi connectivity index (χ4v) is 2.41. The molecule has 0 heterocycles. The molecule has 0 saturated carbocycles. The fraction of sp³-hybridized carbons (Fsp3) is 0.200. The van der Waals surface area contributed by atoms with Crippen molar-refractivity contribution in [2.45, 2.75) is 20.5 Å². The SMILES string of the molecule is C=C(C(=O)OC)c1cccc(C)c1CO/N=C(\C)c1ccccc1F. The lowest BCUT2D eigenvalue weighted by molar-refractivity contribution is -0.133. The van der Waals surface area contributed by atoms with Gasteiger partial charge in [0.2, 0.25) is 0 Å². The van der Waals surface area contributed by atoms with E-state index in [1.165, 1.54) is 13.2 Å². The average molecular weight is 341 g/mol. The van der Waals surface area contributed by atoms with Crippen molar-refractivity contribution in [1.82, 2.24) is 0 Å². The van der Waals surface area contributed by atoms with Crippen LogP contribution < -0.4 is 0 Å². The minimum Gasteiger partial charge on any atom is -0.465 e. The molecule has 0 radical (unpaired) electrons. The van der Waals surface area contributed by atoms with Gasteiger partial charge in [-0.15, -0.1) is 0 Å². The predicted molar refractivity (Wildman–Crippen MR) is 95.6 cm³/mol. The Morgan fingerprint density at radius 1 is 1.16 bits per heavy atom. The molecule has 0 bridgehead atoms. The number of benzene rings is 2. The summed E-state index contributed by atoms with van der Waals surface area (Å²) in [6.45, 7) is 7.49. The zero-order valence-electron chi connectivity index (χ0n) is 14.5. The molecule has 0 aliphatic carbocycles. The van der Waals surface area contributed by atoms with Crippen LogP contribution in [0.5, 0.6) is 0 Å². The van der Waals surface area contributed by atoms with Crippen LogP contribution in [0.4, 0.5) is 4.39 Å². The van der Waals surface area contributed by atoms with E-state index in [9.17, 15) is 9.18 Å². The Kier molecular flexibility index (Phi) is 6.06. The molecule has 0 fully saturated rings. The maximum atomic E-state index is 13.8. The third-order valence-electron chi connectivity index (χ3n) is 3.84. The summed E-state index contributed by atoms with van der Waals surface area (Å²) >= 11 is 0. The zero-order chi connectivity index (χ0) is 18.4. The second-order valence-electron chi connectivity index (χ2n) is 5.50. The number of methoxy groups -OCH3 is 1. The van der Waals surface area contributed by atoms with Gasteiger partial charge < -0.3 is 9.57 Å². The van der Waals surface area contributed by atoms with Gasteiger partial charge in [0.25, 0.3) is 0 Å². The van der Waals surface area contributed by atoms with Crippen LogP contribution >= 0.6 is 0 Å². The molecule has 4 nitrogen and oxygen atoms in total. The van der Waals surface area contributed by atoms with Gasteiger partial charge in [-0.3, -0.25) is 0 Å². The summed E-state index contributed by atoms with van der Waals surface area (Å²) in [6.07, 6.45) is 0. The van der Waals surface area contributed by atoms with Crippen molar-refractivity contribution in [3.63, 3.8) is 0 Å². The Labute approximate surface area is 146 Å². The molecule has 2 aromatic rings. The highest BCUT2D eigenvalue weighted by atomic mass is 19.1. The number of hydrogen-bond donors (Lipinski definition) is 0. The highest BCUT2D eigenvalue weighted by Gasteiger charge is 2.15. The third kappa shape index (κ3) is 4.32.